The first-order valence-corrected chi connectivity index (χ1v) is 6.81. The number of nitro groups is 1. The van der Waals surface area contributed by atoms with E-state index in [0.29, 0.717) is 6.54 Å². The average molecular weight is 294 g/mol. The predicted molar refractivity (Wildman–Crippen MR) is 76.8 cm³/mol. The first-order chi connectivity index (χ1) is 9.99. The minimum Gasteiger partial charge on any atom is -0.477 e. The van der Waals surface area contributed by atoms with Gasteiger partial charge in [0.25, 0.3) is 0 Å². The quantitative estimate of drug-likeness (QED) is 0.622. The van der Waals surface area contributed by atoms with Gasteiger partial charge in [-0.2, -0.15) is 0 Å². The van der Waals surface area contributed by atoms with Crippen LogP contribution in [0, 0.1) is 10.1 Å². The topological polar surface area (TPSA) is 99.8 Å². The molecule has 114 valence electrons. The number of anilines is 1. The molecule has 1 aromatic heterocycles. The highest BCUT2D eigenvalue weighted by atomic mass is 16.6. The summed E-state index contributed by atoms with van der Waals surface area (Å²) < 4.78 is 0. The van der Waals surface area contributed by atoms with Gasteiger partial charge in [-0.3, -0.25) is 10.1 Å². The van der Waals surface area contributed by atoms with Crippen molar-refractivity contribution in [1.29, 1.82) is 0 Å². The molecular weight excluding hydrogens is 276 g/mol. The molecule has 0 unspecified atom stereocenters. The first-order valence-electron chi connectivity index (χ1n) is 6.81. The van der Waals surface area contributed by atoms with Gasteiger partial charge < -0.3 is 14.9 Å². The highest BCUT2D eigenvalue weighted by Crippen LogP contribution is 2.25. The maximum atomic E-state index is 11.0. The zero-order valence-corrected chi connectivity index (χ0v) is 11.9. The van der Waals surface area contributed by atoms with Crippen LogP contribution in [0.5, 0.6) is 0 Å². The normalized spacial score (nSPS) is 15.1. The standard InChI is InChI=1S/C13H18N4O4/c1-15(8-9-16-6-2-3-7-16)12-11(17(20)21)5-4-10(14-12)13(18)19/h4-5H,2-3,6-9H2,1H3,(H,18,19). The maximum Gasteiger partial charge on any atom is 0.354 e. The van der Waals surface area contributed by atoms with Crippen molar-refractivity contribution in [1.82, 2.24) is 9.88 Å². The Hall–Kier alpha value is -2.22. The minimum atomic E-state index is -1.20. The number of likely N-dealkylation sites (tertiary alicyclic amines) is 1. The Morgan fingerprint density at radius 1 is 1.48 bits per heavy atom. The predicted octanol–water partition coefficient (Wildman–Crippen LogP) is 1.22. The van der Waals surface area contributed by atoms with E-state index in [0.717, 1.165) is 25.7 Å². The number of rotatable bonds is 6. The molecule has 1 aliphatic heterocycles. The van der Waals surface area contributed by atoms with Gasteiger partial charge in [0, 0.05) is 26.2 Å². The summed E-state index contributed by atoms with van der Waals surface area (Å²) in [6.45, 7) is 3.43. The minimum absolute atomic E-state index is 0.0964. The lowest BCUT2D eigenvalue weighted by molar-refractivity contribution is -0.384. The van der Waals surface area contributed by atoms with Crippen molar-refractivity contribution in [2.75, 3.05) is 38.1 Å². The molecule has 0 amide bonds. The molecule has 8 heteroatoms. The fraction of sp³-hybridized carbons (Fsp3) is 0.538. The number of carboxylic acids is 1. The third kappa shape index (κ3) is 3.66. The number of likely N-dealkylation sites (N-methyl/N-ethyl adjacent to an activating group) is 1. The van der Waals surface area contributed by atoms with E-state index in [9.17, 15) is 14.9 Å². The van der Waals surface area contributed by atoms with Crippen molar-refractivity contribution in [3.8, 4) is 0 Å². The molecule has 1 saturated heterocycles. The molecule has 21 heavy (non-hydrogen) atoms. The van der Waals surface area contributed by atoms with Gasteiger partial charge in [0.1, 0.15) is 0 Å². The number of carbonyl (C=O) groups is 1. The third-order valence-electron chi connectivity index (χ3n) is 3.58. The number of hydrogen-bond acceptors (Lipinski definition) is 6. The molecule has 1 fully saturated rings. The van der Waals surface area contributed by atoms with Crippen LogP contribution in [0.15, 0.2) is 12.1 Å². The Balaban J connectivity index is 2.15. The highest BCUT2D eigenvalue weighted by Gasteiger charge is 2.22. The van der Waals surface area contributed by atoms with Crippen LogP contribution in [0.25, 0.3) is 0 Å². The molecule has 8 nitrogen and oxygen atoms in total. The summed E-state index contributed by atoms with van der Waals surface area (Å²) in [5, 5.41) is 20.0. The van der Waals surface area contributed by atoms with Crippen molar-refractivity contribution in [2.45, 2.75) is 12.8 Å². The van der Waals surface area contributed by atoms with Crippen LogP contribution in [0.2, 0.25) is 0 Å². The molecule has 0 radical (unpaired) electrons. The summed E-state index contributed by atoms with van der Waals surface area (Å²) in [6, 6.07) is 2.34. The second-order valence-corrected chi connectivity index (χ2v) is 5.07. The Labute approximate surface area is 122 Å². The van der Waals surface area contributed by atoms with Crippen LogP contribution in [-0.4, -0.2) is 59.1 Å². The van der Waals surface area contributed by atoms with E-state index in [1.165, 1.54) is 18.9 Å². The SMILES string of the molecule is CN(CCN1CCCC1)c1nc(C(=O)O)ccc1[N+](=O)[O-]. The van der Waals surface area contributed by atoms with Gasteiger partial charge in [0.15, 0.2) is 5.69 Å². The van der Waals surface area contributed by atoms with Gasteiger partial charge in [0.2, 0.25) is 5.82 Å². The van der Waals surface area contributed by atoms with Gasteiger partial charge in [-0.05, 0) is 32.0 Å². The van der Waals surface area contributed by atoms with E-state index in [2.05, 4.69) is 9.88 Å². The van der Waals surface area contributed by atoms with Crippen molar-refractivity contribution >= 4 is 17.5 Å². The van der Waals surface area contributed by atoms with Crippen LogP contribution >= 0.6 is 0 Å². The van der Waals surface area contributed by atoms with E-state index in [4.69, 9.17) is 5.11 Å². The van der Waals surface area contributed by atoms with Gasteiger partial charge in [0.05, 0.1) is 4.92 Å². The first kappa shape index (κ1) is 15.2. The van der Waals surface area contributed by atoms with E-state index < -0.39 is 10.9 Å². The van der Waals surface area contributed by atoms with E-state index in [1.807, 2.05) is 0 Å². The molecule has 1 aliphatic rings. The summed E-state index contributed by atoms with van der Waals surface area (Å²) in [4.78, 5) is 29.3. The molecule has 1 aromatic rings. The Morgan fingerprint density at radius 2 is 2.14 bits per heavy atom. The van der Waals surface area contributed by atoms with E-state index >= 15 is 0 Å². The van der Waals surface area contributed by atoms with Crippen LogP contribution in [0.1, 0.15) is 23.3 Å². The fourth-order valence-electron chi connectivity index (χ4n) is 2.39. The third-order valence-corrected chi connectivity index (χ3v) is 3.58. The number of hydrogen-bond donors (Lipinski definition) is 1. The lowest BCUT2D eigenvalue weighted by atomic mass is 10.3. The Morgan fingerprint density at radius 3 is 2.71 bits per heavy atom. The van der Waals surface area contributed by atoms with Crippen LogP contribution < -0.4 is 4.90 Å². The fourth-order valence-corrected chi connectivity index (χ4v) is 2.39. The van der Waals surface area contributed by atoms with E-state index in [1.54, 1.807) is 11.9 Å². The number of carboxylic acid groups (broad SMARTS) is 1. The monoisotopic (exact) mass is 294 g/mol. The molecule has 0 spiro atoms. The number of aromatic nitrogens is 1. The molecule has 2 heterocycles. The molecule has 1 N–H and O–H groups in total. The lowest BCUT2D eigenvalue weighted by Gasteiger charge is -2.22. The zero-order valence-electron chi connectivity index (χ0n) is 11.9. The van der Waals surface area contributed by atoms with Crippen molar-refractivity contribution in [3.05, 3.63) is 27.9 Å². The summed E-state index contributed by atoms with van der Waals surface area (Å²) in [5.41, 5.74) is -0.368. The second-order valence-electron chi connectivity index (χ2n) is 5.07. The Bertz CT molecular complexity index is 543. The lowest BCUT2D eigenvalue weighted by Crippen LogP contribution is -2.32. The van der Waals surface area contributed by atoms with Gasteiger partial charge in [-0.1, -0.05) is 0 Å². The smallest absolute Gasteiger partial charge is 0.354 e. The number of nitrogens with zero attached hydrogens (tertiary/aromatic N) is 4. The summed E-state index contributed by atoms with van der Waals surface area (Å²) in [5.74, 6) is -1.10. The Kier molecular flexibility index (Phi) is 4.69. The van der Waals surface area contributed by atoms with E-state index in [-0.39, 0.29) is 17.2 Å². The van der Waals surface area contributed by atoms with Gasteiger partial charge in [-0.15, -0.1) is 0 Å². The molecule has 2 rings (SSSR count). The van der Waals surface area contributed by atoms with Crippen molar-refractivity contribution in [2.24, 2.45) is 0 Å². The molecule has 0 bridgehead atoms. The zero-order chi connectivity index (χ0) is 15.4. The van der Waals surface area contributed by atoms with Crippen LogP contribution in [-0.2, 0) is 0 Å². The number of pyridine rings is 1. The molecule has 0 aromatic carbocycles. The number of aromatic carboxylic acids is 1. The molecule has 0 aliphatic carbocycles. The highest BCUT2D eigenvalue weighted by molar-refractivity contribution is 5.86. The van der Waals surface area contributed by atoms with Gasteiger partial charge in [-0.25, -0.2) is 9.78 Å². The second kappa shape index (κ2) is 6.49. The maximum absolute atomic E-state index is 11.0. The summed E-state index contributed by atoms with van der Waals surface area (Å²) >= 11 is 0. The van der Waals surface area contributed by atoms with Gasteiger partial charge >= 0.3 is 11.7 Å². The molecular formula is C13H18N4O4. The molecule has 0 atom stereocenters. The molecule has 0 saturated carbocycles. The summed E-state index contributed by atoms with van der Waals surface area (Å²) in [7, 11) is 1.69. The van der Waals surface area contributed by atoms with Crippen LogP contribution in [0.3, 0.4) is 0 Å². The van der Waals surface area contributed by atoms with Crippen molar-refractivity contribution in [3.63, 3.8) is 0 Å². The van der Waals surface area contributed by atoms with Crippen LogP contribution in [0.4, 0.5) is 11.5 Å². The largest absolute Gasteiger partial charge is 0.477 e. The average Bonchev–Trinajstić information content (AvgIpc) is 2.97. The van der Waals surface area contributed by atoms with Crippen molar-refractivity contribution < 1.29 is 14.8 Å². The summed E-state index contributed by atoms with van der Waals surface area (Å²) in [6.07, 6.45) is 2.35.